The predicted octanol–water partition coefficient (Wildman–Crippen LogP) is 3.87. The lowest BCUT2D eigenvalue weighted by Gasteiger charge is -2.43. The van der Waals surface area contributed by atoms with Gasteiger partial charge in [0.2, 0.25) is 5.91 Å². The van der Waals surface area contributed by atoms with Crippen molar-refractivity contribution in [3.05, 3.63) is 46.4 Å². The van der Waals surface area contributed by atoms with Crippen molar-refractivity contribution in [2.45, 2.75) is 51.2 Å². The van der Waals surface area contributed by atoms with E-state index in [1.165, 1.54) is 24.8 Å². The summed E-state index contributed by atoms with van der Waals surface area (Å²) in [5, 5.41) is 5.25. The van der Waals surface area contributed by atoms with Gasteiger partial charge in [-0.05, 0) is 62.3 Å². The van der Waals surface area contributed by atoms with Crippen molar-refractivity contribution in [2.24, 2.45) is 23.5 Å². The van der Waals surface area contributed by atoms with Crippen molar-refractivity contribution >= 4 is 22.9 Å². The Hall–Kier alpha value is -1.76. The Morgan fingerprint density at radius 2 is 2.07 bits per heavy atom. The molecule has 2 atom stereocenters. The van der Waals surface area contributed by atoms with Gasteiger partial charge in [0.25, 0.3) is 0 Å². The summed E-state index contributed by atoms with van der Waals surface area (Å²) in [6, 6.07) is 8.50. The number of nitrogens with zero attached hydrogens (tertiary/aromatic N) is 2. The molecule has 4 rings (SSSR count). The molecule has 1 aromatic carbocycles. The first kappa shape index (κ1) is 19.6. The lowest BCUT2D eigenvalue weighted by atomic mass is 9.65. The van der Waals surface area contributed by atoms with E-state index in [0.29, 0.717) is 17.9 Å². The Balaban J connectivity index is 1.34. The van der Waals surface area contributed by atoms with Crippen LogP contribution in [0.25, 0.3) is 0 Å². The number of aromatic nitrogens is 1. The smallest absolute Gasteiger partial charge is 0.227 e. The van der Waals surface area contributed by atoms with Crippen LogP contribution in [0.3, 0.4) is 0 Å². The van der Waals surface area contributed by atoms with E-state index in [4.69, 9.17) is 5.73 Å². The molecule has 6 heteroatoms. The van der Waals surface area contributed by atoms with E-state index in [0.717, 1.165) is 37.3 Å². The van der Waals surface area contributed by atoms with Crippen molar-refractivity contribution < 1.29 is 4.79 Å². The molecule has 2 fully saturated rings. The number of anilines is 1. The predicted molar refractivity (Wildman–Crippen MR) is 114 cm³/mol. The Kier molecular flexibility index (Phi) is 6.09. The first-order valence-electron chi connectivity index (χ1n) is 10.3. The third kappa shape index (κ3) is 4.62. The van der Waals surface area contributed by atoms with Gasteiger partial charge in [-0.1, -0.05) is 18.6 Å². The first-order chi connectivity index (χ1) is 13.6. The number of benzene rings is 1. The maximum atomic E-state index is 12.9. The quantitative estimate of drug-likeness (QED) is 0.775. The molecule has 0 aliphatic heterocycles. The van der Waals surface area contributed by atoms with Crippen molar-refractivity contribution in [3.8, 4) is 0 Å². The topological polar surface area (TPSA) is 71.2 Å². The van der Waals surface area contributed by atoms with Gasteiger partial charge in [-0.15, -0.1) is 11.3 Å². The summed E-state index contributed by atoms with van der Waals surface area (Å²) < 4.78 is 0. The van der Waals surface area contributed by atoms with Crippen molar-refractivity contribution in [3.63, 3.8) is 0 Å². The van der Waals surface area contributed by atoms with Gasteiger partial charge in [0.05, 0.1) is 11.2 Å². The number of carbonyl (C=O) groups is 1. The molecule has 1 aromatic heterocycles. The standard InChI is InChI=1S/C22H30N4OS/c1-26(12-20-13-28-14-24-20)11-15-4-2-7-19(8-15)25-22(27)18-9-16-5-3-6-17(10-18)21(16)23/h2,4,7-8,13-14,16-18,21H,3,5-6,9-12,23H2,1H3,(H,25,27). The maximum Gasteiger partial charge on any atom is 0.227 e. The second kappa shape index (κ2) is 8.72. The van der Waals surface area contributed by atoms with Crippen LogP contribution in [0.5, 0.6) is 0 Å². The first-order valence-corrected chi connectivity index (χ1v) is 11.2. The third-order valence-corrected chi connectivity index (χ3v) is 6.98. The minimum Gasteiger partial charge on any atom is -0.327 e. The second-order valence-electron chi connectivity index (χ2n) is 8.54. The lowest BCUT2D eigenvalue weighted by Crippen LogP contribution is -2.48. The molecule has 2 saturated carbocycles. The molecule has 1 amide bonds. The summed E-state index contributed by atoms with van der Waals surface area (Å²) >= 11 is 1.62. The van der Waals surface area contributed by atoms with E-state index in [9.17, 15) is 4.79 Å². The minimum atomic E-state index is 0.103. The summed E-state index contributed by atoms with van der Waals surface area (Å²) in [4.78, 5) is 19.5. The van der Waals surface area contributed by atoms with Gasteiger partial charge in [-0.2, -0.15) is 0 Å². The number of fused-ring (bicyclic) bond motifs is 2. The molecule has 0 radical (unpaired) electrons. The molecule has 3 N–H and O–H groups in total. The fraction of sp³-hybridized carbons (Fsp3) is 0.545. The van der Waals surface area contributed by atoms with Crippen molar-refractivity contribution in [1.82, 2.24) is 9.88 Å². The minimum absolute atomic E-state index is 0.103. The van der Waals surface area contributed by atoms with Gasteiger partial charge in [-0.3, -0.25) is 9.69 Å². The van der Waals surface area contributed by atoms with Gasteiger partial charge in [0.1, 0.15) is 0 Å². The van der Waals surface area contributed by atoms with Crippen LogP contribution < -0.4 is 11.1 Å². The number of nitrogens with one attached hydrogen (secondary N) is 1. The van der Waals surface area contributed by atoms with Gasteiger partial charge < -0.3 is 11.1 Å². The van der Waals surface area contributed by atoms with Gasteiger partial charge >= 0.3 is 0 Å². The number of rotatable bonds is 6. The zero-order chi connectivity index (χ0) is 19.5. The number of carbonyl (C=O) groups excluding carboxylic acids is 1. The van der Waals surface area contributed by atoms with E-state index in [-0.39, 0.29) is 11.8 Å². The Morgan fingerprint density at radius 3 is 2.79 bits per heavy atom. The number of hydrogen-bond donors (Lipinski definition) is 2. The molecule has 1 heterocycles. The van der Waals surface area contributed by atoms with Crippen LogP contribution in [0.1, 0.15) is 43.4 Å². The molecule has 0 spiro atoms. The number of amides is 1. The van der Waals surface area contributed by atoms with Gasteiger partial charge in [0, 0.05) is 36.1 Å². The van der Waals surface area contributed by atoms with E-state index < -0.39 is 0 Å². The second-order valence-corrected chi connectivity index (χ2v) is 9.26. The fourth-order valence-corrected chi connectivity index (χ4v) is 5.50. The van der Waals surface area contributed by atoms with Crippen LogP contribution in [0.4, 0.5) is 5.69 Å². The molecule has 2 unspecified atom stereocenters. The van der Waals surface area contributed by atoms with Crippen LogP contribution in [0.15, 0.2) is 35.2 Å². The van der Waals surface area contributed by atoms with Crippen LogP contribution >= 0.6 is 11.3 Å². The molecule has 2 aliphatic rings. The summed E-state index contributed by atoms with van der Waals surface area (Å²) in [7, 11) is 2.09. The van der Waals surface area contributed by atoms with Gasteiger partial charge in [0.15, 0.2) is 0 Å². The van der Waals surface area contributed by atoms with Crippen molar-refractivity contribution in [1.29, 1.82) is 0 Å². The summed E-state index contributed by atoms with van der Waals surface area (Å²) in [6.45, 7) is 1.65. The molecule has 0 saturated heterocycles. The highest BCUT2D eigenvalue weighted by Crippen LogP contribution is 2.42. The van der Waals surface area contributed by atoms with Crippen LogP contribution in [-0.2, 0) is 17.9 Å². The SMILES string of the molecule is CN(Cc1cccc(NC(=O)C2CC3CCCC(C2)C3N)c1)Cc1cscn1. The fourth-order valence-electron chi connectivity index (χ4n) is 4.95. The lowest BCUT2D eigenvalue weighted by molar-refractivity contribution is -0.122. The normalized spacial score (nSPS) is 27.0. The average Bonchev–Trinajstić information content (AvgIpc) is 3.14. The molecule has 2 aromatic rings. The van der Waals surface area contributed by atoms with E-state index in [1.54, 1.807) is 11.3 Å². The summed E-state index contributed by atoms with van der Waals surface area (Å²) in [5.74, 6) is 1.31. The van der Waals surface area contributed by atoms with Crippen LogP contribution in [-0.4, -0.2) is 28.9 Å². The van der Waals surface area contributed by atoms with Crippen LogP contribution in [0, 0.1) is 17.8 Å². The molecule has 2 aliphatic carbocycles. The van der Waals surface area contributed by atoms with E-state index in [1.807, 2.05) is 17.6 Å². The summed E-state index contributed by atoms with van der Waals surface area (Å²) in [5.41, 5.74) is 11.4. The van der Waals surface area contributed by atoms with E-state index >= 15 is 0 Å². The number of nitrogens with two attached hydrogens (primary N) is 1. The highest BCUT2D eigenvalue weighted by atomic mass is 32.1. The molecule has 28 heavy (non-hydrogen) atoms. The van der Waals surface area contributed by atoms with Crippen LogP contribution in [0.2, 0.25) is 0 Å². The highest BCUT2D eigenvalue weighted by Gasteiger charge is 2.40. The zero-order valence-corrected chi connectivity index (χ0v) is 17.3. The zero-order valence-electron chi connectivity index (χ0n) is 16.5. The number of thiazole rings is 1. The molecule has 5 nitrogen and oxygen atoms in total. The van der Waals surface area contributed by atoms with E-state index in [2.05, 4.69) is 39.8 Å². The van der Waals surface area contributed by atoms with Gasteiger partial charge in [-0.25, -0.2) is 4.98 Å². The molecular weight excluding hydrogens is 368 g/mol. The third-order valence-electron chi connectivity index (χ3n) is 6.35. The Bertz CT molecular complexity index is 780. The maximum absolute atomic E-state index is 12.9. The Morgan fingerprint density at radius 1 is 1.29 bits per heavy atom. The highest BCUT2D eigenvalue weighted by molar-refractivity contribution is 7.07. The molecule has 2 bridgehead atoms. The van der Waals surface area contributed by atoms with Crippen molar-refractivity contribution in [2.75, 3.05) is 12.4 Å². The average molecular weight is 399 g/mol. The molecule has 150 valence electrons. The Labute approximate surface area is 171 Å². The largest absolute Gasteiger partial charge is 0.327 e. The molecular formula is C22H30N4OS. The summed E-state index contributed by atoms with van der Waals surface area (Å²) in [6.07, 6.45) is 5.53. The monoisotopic (exact) mass is 398 g/mol. The number of hydrogen-bond acceptors (Lipinski definition) is 5.